The predicted octanol–water partition coefficient (Wildman–Crippen LogP) is 5.06. The number of ether oxygens (including phenoxy) is 1. The molecule has 0 bridgehead atoms. The summed E-state index contributed by atoms with van der Waals surface area (Å²) >= 11 is 0. The maximum atomic E-state index is 14.2. The van der Waals surface area contributed by atoms with E-state index in [2.05, 4.69) is 41.5 Å². The van der Waals surface area contributed by atoms with Gasteiger partial charge in [0.2, 0.25) is 0 Å². The van der Waals surface area contributed by atoms with Crippen LogP contribution in [0.1, 0.15) is 92.9 Å². The van der Waals surface area contributed by atoms with E-state index in [0.717, 1.165) is 37.7 Å². The highest BCUT2D eigenvalue weighted by Crippen LogP contribution is 2.69. The molecular formula is C28H44O4. The zero-order valence-corrected chi connectivity index (χ0v) is 21.0. The molecule has 2 N–H and O–H groups in total. The summed E-state index contributed by atoms with van der Waals surface area (Å²) in [6.45, 7) is 13.8. The van der Waals surface area contributed by atoms with E-state index >= 15 is 0 Å². The monoisotopic (exact) mass is 444 g/mol. The zero-order chi connectivity index (χ0) is 23.2. The highest BCUT2D eigenvalue weighted by Gasteiger charge is 2.76. The lowest BCUT2D eigenvalue weighted by Crippen LogP contribution is -2.56. The Bertz CT molecular complexity index is 831. The zero-order valence-electron chi connectivity index (χ0n) is 21.0. The molecule has 0 aromatic heterocycles. The number of ketones is 1. The molecule has 1 aliphatic heterocycles. The lowest BCUT2D eigenvalue weighted by Gasteiger charge is -2.52. The molecule has 0 aromatic carbocycles. The van der Waals surface area contributed by atoms with Crippen molar-refractivity contribution in [2.75, 3.05) is 0 Å². The maximum absolute atomic E-state index is 14.2. The number of carbonyl (C=O) groups excluding carboxylic acids is 1. The smallest absolute Gasteiger partial charge is 0.167 e. The van der Waals surface area contributed by atoms with Crippen LogP contribution < -0.4 is 0 Å². The van der Waals surface area contributed by atoms with Gasteiger partial charge in [0.05, 0.1) is 6.10 Å². The van der Waals surface area contributed by atoms with E-state index in [1.165, 1.54) is 12.8 Å². The molecule has 4 heteroatoms. The second-order valence-corrected chi connectivity index (χ2v) is 13.0. The predicted molar refractivity (Wildman–Crippen MR) is 125 cm³/mol. The molecule has 2 saturated carbocycles. The molecule has 5 rings (SSSR count). The summed E-state index contributed by atoms with van der Waals surface area (Å²) in [4.78, 5) is 14.2. The van der Waals surface area contributed by atoms with E-state index in [1.54, 1.807) is 0 Å². The van der Waals surface area contributed by atoms with Crippen molar-refractivity contribution in [1.29, 1.82) is 0 Å². The maximum Gasteiger partial charge on any atom is 0.167 e. The SMILES string of the molecule is CC(C)[C@H](C)C[C@H]1CC[C@@H]([C@@]2(C)CCC3=C(C2=O)[C@@H](O)[C@@H]2O[C@@]24C[C@@H](O)CC[C@]34C)[C@@H]1C. The van der Waals surface area contributed by atoms with Gasteiger partial charge in [-0.3, -0.25) is 4.79 Å². The number of Topliss-reactive ketones (excluding diaryl/α,β-unsaturated/α-hetero) is 1. The van der Waals surface area contributed by atoms with Gasteiger partial charge < -0.3 is 14.9 Å². The first-order valence-electron chi connectivity index (χ1n) is 13.3. The lowest BCUT2D eigenvalue weighted by atomic mass is 9.50. The Balaban J connectivity index is 1.43. The number of aliphatic hydroxyl groups is 2. The van der Waals surface area contributed by atoms with Crippen LogP contribution in [0.4, 0.5) is 0 Å². The third-order valence-corrected chi connectivity index (χ3v) is 11.3. The first-order valence-corrected chi connectivity index (χ1v) is 13.3. The third-order valence-electron chi connectivity index (χ3n) is 11.3. The van der Waals surface area contributed by atoms with Gasteiger partial charge in [0, 0.05) is 22.8 Å². The number of hydrogen-bond acceptors (Lipinski definition) is 4. The molecule has 32 heavy (non-hydrogen) atoms. The number of carbonyl (C=O) groups is 1. The van der Waals surface area contributed by atoms with Gasteiger partial charge in [-0.05, 0) is 74.5 Å². The number of aliphatic hydroxyl groups excluding tert-OH is 2. The third kappa shape index (κ3) is 2.94. The quantitative estimate of drug-likeness (QED) is 0.595. The van der Waals surface area contributed by atoms with Crippen LogP contribution in [-0.4, -0.2) is 39.9 Å². The van der Waals surface area contributed by atoms with Crippen LogP contribution in [-0.2, 0) is 9.53 Å². The van der Waals surface area contributed by atoms with Crippen molar-refractivity contribution >= 4 is 5.78 Å². The van der Waals surface area contributed by atoms with E-state index in [0.29, 0.717) is 41.6 Å². The Hall–Kier alpha value is -0.710. The minimum Gasteiger partial charge on any atom is -0.393 e. The van der Waals surface area contributed by atoms with E-state index in [-0.39, 0.29) is 28.8 Å². The summed E-state index contributed by atoms with van der Waals surface area (Å²) in [5.74, 6) is 3.26. The van der Waals surface area contributed by atoms with Gasteiger partial charge in [0.15, 0.2) is 5.78 Å². The first-order chi connectivity index (χ1) is 15.0. The van der Waals surface area contributed by atoms with Crippen LogP contribution in [0.25, 0.3) is 0 Å². The van der Waals surface area contributed by atoms with E-state index in [9.17, 15) is 15.0 Å². The highest BCUT2D eigenvalue weighted by atomic mass is 16.6. The Morgan fingerprint density at radius 1 is 1.09 bits per heavy atom. The molecule has 1 saturated heterocycles. The van der Waals surface area contributed by atoms with Crippen molar-refractivity contribution in [2.45, 2.75) is 117 Å². The molecule has 4 nitrogen and oxygen atoms in total. The minimum absolute atomic E-state index is 0.206. The van der Waals surface area contributed by atoms with Crippen LogP contribution in [0.5, 0.6) is 0 Å². The summed E-state index contributed by atoms with van der Waals surface area (Å²) in [5.41, 5.74) is 0.786. The molecule has 1 heterocycles. The fraction of sp³-hybridized carbons (Fsp3) is 0.893. The number of fused-ring (bicyclic) bond motifs is 1. The van der Waals surface area contributed by atoms with E-state index in [1.807, 2.05) is 0 Å². The fourth-order valence-electron chi connectivity index (χ4n) is 8.57. The van der Waals surface area contributed by atoms with Gasteiger partial charge in [-0.2, -0.15) is 0 Å². The van der Waals surface area contributed by atoms with Gasteiger partial charge in [-0.25, -0.2) is 0 Å². The van der Waals surface area contributed by atoms with Crippen molar-refractivity contribution in [2.24, 2.45) is 40.4 Å². The molecule has 3 fully saturated rings. The van der Waals surface area contributed by atoms with Crippen LogP contribution in [0.2, 0.25) is 0 Å². The van der Waals surface area contributed by atoms with E-state index in [4.69, 9.17) is 4.74 Å². The summed E-state index contributed by atoms with van der Waals surface area (Å²) < 4.78 is 6.19. The van der Waals surface area contributed by atoms with Crippen LogP contribution >= 0.6 is 0 Å². The molecule has 0 radical (unpaired) electrons. The minimum atomic E-state index is -0.830. The normalized spacial score (nSPS) is 51.3. The molecule has 5 aliphatic rings. The standard InChI is InChI=1S/C28H44O4/c1-15(2)16(3)13-18-7-8-20(17(18)4)26(5)11-10-21-22(24(26)31)23(30)25-28(32-25)14-19(29)9-12-27(21,28)6/h15-20,23,25,29-30H,7-14H2,1-6H3/t16-,17-,18-,19+,20-,23-,25+,26-,27-,28+/m1/s1. The molecule has 180 valence electrons. The number of epoxide rings is 1. The molecule has 10 atom stereocenters. The van der Waals surface area contributed by atoms with Crippen LogP contribution in [0.15, 0.2) is 11.1 Å². The van der Waals surface area contributed by atoms with Crippen LogP contribution in [0, 0.1) is 40.4 Å². The van der Waals surface area contributed by atoms with Gasteiger partial charge in [0.25, 0.3) is 0 Å². The topological polar surface area (TPSA) is 70.1 Å². The molecule has 1 spiro atoms. The Kier molecular flexibility index (Phi) is 5.33. The van der Waals surface area contributed by atoms with Crippen molar-refractivity contribution in [3.63, 3.8) is 0 Å². The summed E-state index contributed by atoms with van der Waals surface area (Å²) in [6, 6.07) is 0. The molecule has 0 unspecified atom stereocenters. The fourth-order valence-corrected chi connectivity index (χ4v) is 8.57. The average Bonchev–Trinajstić information content (AvgIpc) is 3.35. The highest BCUT2D eigenvalue weighted by molar-refractivity contribution is 6.03. The molecule has 0 aromatic rings. The van der Waals surface area contributed by atoms with Crippen LogP contribution in [0.3, 0.4) is 0 Å². The average molecular weight is 445 g/mol. The van der Waals surface area contributed by atoms with E-state index < -0.39 is 11.7 Å². The summed E-state index contributed by atoms with van der Waals surface area (Å²) in [5, 5.41) is 21.6. The largest absolute Gasteiger partial charge is 0.393 e. The van der Waals surface area contributed by atoms with Gasteiger partial charge in [-0.15, -0.1) is 0 Å². The lowest BCUT2D eigenvalue weighted by molar-refractivity contribution is -0.131. The number of hydrogen-bond donors (Lipinski definition) is 2. The summed E-state index contributed by atoms with van der Waals surface area (Å²) in [7, 11) is 0. The molecular weight excluding hydrogens is 400 g/mol. The molecule has 0 amide bonds. The van der Waals surface area contributed by atoms with Crippen molar-refractivity contribution < 1.29 is 19.7 Å². The summed E-state index contributed by atoms with van der Waals surface area (Å²) in [6.07, 6.45) is 6.05. The van der Waals surface area contributed by atoms with Crippen molar-refractivity contribution in [1.82, 2.24) is 0 Å². The van der Waals surface area contributed by atoms with Gasteiger partial charge in [-0.1, -0.05) is 47.1 Å². The van der Waals surface area contributed by atoms with Gasteiger partial charge in [0.1, 0.15) is 17.8 Å². The number of rotatable bonds is 4. The van der Waals surface area contributed by atoms with Crippen molar-refractivity contribution in [3.05, 3.63) is 11.1 Å². The molecule has 4 aliphatic carbocycles. The Morgan fingerprint density at radius 2 is 1.81 bits per heavy atom. The second-order valence-electron chi connectivity index (χ2n) is 13.0. The first kappa shape index (κ1) is 23.1. The van der Waals surface area contributed by atoms with Crippen molar-refractivity contribution in [3.8, 4) is 0 Å². The second kappa shape index (κ2) is 7.39. The van der Waals surface area contributed by atoms with Gasteiger partial charge >= 0.3 is 0 Å². The Labute approximate surface area is 194 Å². The Morgan fingerprint density at radius 3 is 2.50 bits per heavy atom.